The molecule has 160 valence electrons. The third-order valence-electron chi connectivity index (χ3n) is 4.73. The van der Waals surface area contributed by atoms with E-state index < -0.39 is 16.8 Å². The normalized spacial score (nSPS) is 11.4. The highest BCUT2D eigenvalue weighted by atomic mass is 35.5. The molecule has 0 aliphatic heterocycles. The zero-order valence-corrected chi connectivity index (χ0v) is 17.2. The van der Waals surface area contributed by atoms with E-state index in [4.69, 9.17) is 17.3 Å². The maximum atomic E-state index is 13.0. The van der Waals surface area contributed by atoms with Gasteiger partial charge in [-0.2, -0.15) is 13.2 Å². The first-order chi connectivity index (χ1) is 14.5. The van der Waals surface area contributed by atoms with Crippen molar-refractivity contribution in [3.05, 3.63) is 82.0 Å². The van der Waals surface area contributed by atoms with Crippen molar-refractivity contribution in [3.63, 3.8) is 0 Å². The van der Waals surface area contributed by atoms with Gasteiger partial charge in [0.2, 0.25) is 0 Å². The molecule has 0 fully saturated rings. The number of rotatable bonds is 6. The lowest BCUT2D eigenvalue weighted by atomic mass is 9.98. The van der Waals surface area contributed by atoms with Crippen molar-refractivity contribution < 1.29 is 22.8 Å². The number of hydrogen-bond acceptors (Lipinski definition) is 4. The number of anilines is 1. The van der Waals surface area contributed by atoms with E-state index >= 15 is 0 Å². The minimum Gasteiger partial charge on any atom is -0.383 e. The summed E-state index contributed by atoms with van der Waals surface area (Å²) in [5.74, 6) is -0.0909. The number of alkyl halides is 3. The quantitative estimate of drug-likeness (QED) is 0.503. The van der Waals surface area contributed by atoms with E-state index in [-0.39, 0.29) is 35.8 Å². The molecule has 31 heavy (non-hydrogen) atoms. The molecular weight excluding hydrogens is 429 g/mol. The number of nitrogens with zero attached hydrogens (tertiary/aromatic N) is 1. The van der Waals surface area contributed by atoms with Crippen LogP contribution in [0.25, 0.3) is 11.1 Å². The number of carbonyl (C=O) groups excluding carboxylic acids is 2. The molecule has 0 spiro atoms. The number of benzene rings is 2. The lowest BCUT2D eigenvalue weighted by Crippen LogP contribution is -2.10. The molecule has 0 bridgehead atoms. The predicted octanol–water partition coefficient (Wildman–Crippen LogP) is 5.56. The minimum atomic E-state index is -4.58. The molecule has 3 aromatic rings. The number of nitrogen functional groups attached to an aromatic ring is 1. The van der Waals surface area contributed by atoms with E-state index in [1.807, 2.05) is 0 Å². The van der Waals surface area contributed by atoms with Gasteiger partial charge in [-0.15, -0.1) is 0 Å². The van der Waals surface area contributed by atoms with Gasteiger partial charge in [0.15, 0.2) is 5.78 Å². The molecular formula is C23H18ClF3N2O2. The molecule has 0 radical (unpaired) electrons. The Bertz CT molecular complexity index is 1140. The maximum Gasteiger partial charge on any atom is 0.417 e. The molecule has 2 N–H and O–H groups in total. The van der Waals surface area contributed by atoms with Crippen LogP contribution in [0.2, 0.25) is 5.02 Å². The van der Waals surface area contributed by atoms with Gasteiger partial charge in [-0.05, 0) is 41.8 Å². The topological polar surface area (TPSA) is 73.1 Å². The number of ketones is 2. The third kappa shape index (κ3) is 5.49. The van der Waals surface area contributed by atoms with Crippen molar-refractivity contribution >= 4 is 29.0 Å². The highest BCUT2D eigenvalue weighted by Gasteiger charge is 2.33. The van der Waals surface area contributed by atoms with Crippen molar-refractivity contribution in [2.75, 3.05) is 5.73 Å². The first-order valence-electron chi connectivity index (χ1n) is 9.27. The van der Waals surface area contributed by atoms with Gasteiger partial charge in [-0.1, -0.05) is 41.9 Å². The van der Waals surface area contributed by atoms with Crippen LogP contribution < -0.4 is 5.73 Å². The monoisotopic (exact) mass is 446 g/mol. The van der Waals surface area contributed by atoms with Crippen molar-refractivity contribution in [3.8, 4) is 11.1 Å². The Hall–Kier alpha value is -3.19. The first kappa shape index (κ1) is 22.5. The smallest absolute Gasteiger partial charge is 0.383 e. The Morgan fingerprint density at radius 1 is 1.00 bits per heavy atom. The second-order valence-corrected chi connectivity index (χ2v) is 7.52. The van der Waals surface area contributed by atoms with Gasteiger partial charge in [-0.3, -0.25) is 9.59 Å². The number of carbonyl (C=O) groups is 2. The minimum absolute atomic E-state index is 0.0610. The molecule has 0 unspecified atom stereocenters. The van der Waals surface area contributed by atoms with Gasteiger partial charge in [0.05, 0.1) is 10.6 Å². The number of Topliss-reactive ketones (excluding diaryl/α,β-unsaturated/α-hetero) is 2. The van der Waals surface area contributed by atoms with Gasteiger partial charge >= 0.3 is 6.18 Å². The number of nitrogens with two attached hydrogens (primary N) is 1. The van der Waals surface area contributed by atoms with Crippen LogP contribution >= 0.6 is 11.6 Å². The highest BCUT2D eigenvalue weighted by molar-refractivity contribution is 6.31. The molecule has 8 heteroatoms. The maximum absolute atomic E-state index is 13.0. The molecule has 1 heterocycles. The van der Waals surface area contributed by atoms with Gasteiger partial charge in [0.1, 0.15) is 11.6 Å². The average Bonchev–Trinajstić information content (AvgIpc) is 2.69. The summed E-state index contributed by atoms with van der Waals surface area (Å²) >= 11 is 5.61. The Labute approximate surface area is 181 Å². The first-order valence-corrected chi connectivity index (χ1v) is 9.65. The number of halogens is 4. The van der Waals surface area contributed by atoms with Crippen LogP contribution in [0.1, 0.15) is 34.0 Å². The number of pyridine rings is 1. The molecule has 2 aromatic carbocycles. The fourth-order valence-electron chi connectivity index (χ4n) is 3.12. The summed E-state index contributed by atoms with van der Waals surface area (Å²) in [6.45, 7) is 1.43. The van der Waals surface area contributed by atoms with Crippen molar-refractivity contribution in [1.29, 1.82) is 0 Å². The zero-order chi connectivity index (χ0) is 22.8. The second kappa shape index (κ2) is 8.89. The van der Waals surface area contributed by atoms with Crippen molar-refractivity contribution in [2.45, 2.75) is 25.9 Å². The average molecular weight is 447 g/mol. The summed E-state index contributed by atoms with van der Waals surface area (Å²) in [5, 5.41) is -0.401. The van der Waals surface area contributed by atoms with Crippen LogP contribution in [-0.4, -0.2) is 16.6 Å². The molecule has 4 nitrogen and oxygen atoms in total. The molecule has 0 aliphatic rings. The highest BCUT2D eigenvalue weighted by Crippen LogP contribution is 2.35. The van der Waals surface area contributed by atoms with Crippen molar-refractivity contribution in [1.82, 2.24) is 4.98 Å². The Kier molecular flexibility index (Phi) is 6.45. The van der Waals surface area contributed by atoms with Crippen LogP contribution in [0.5, 0.6) is 0 Å². The Morgan fingerprint density at radius 2 is 1.61 bits per heavy atom. The molecule has 3 rings (SSSR count). The summed E-state index contributed by atoms with van der Waals surface area (Å²) in [4.78, 5) is 28.0. The lowest BCUT2D eigenvalue weighted by molar-refractivity contribution is -0.137. The zero-order valence-electron chi connectivity index (χ0n) is 16.5. The lowest BCUT2D eigenvalue weighted by Gasteiger charge is -2.11. The van der Waals surface area contributed by atoms with E-state index in [0.717, 1.165) is 17.7 Å². The number of hydrogen-bond donors (Lipinski definition) is 1. The third-order valence-corrected chi connectivity index (χ3v) is 5.06. The predicted molar refractivity (Wildman–Crippen MR) is 113 cm³/mol. The Balaban J connectivity index is 1.73. The molecule has 0 saturated carbocycles. The summed E-state index contributed by atoms with van der Waals surface area (Å²) in [5.41, 5.74) is 7.68. The van der Waals surface area contributed by atoms with Crippen LogP contribution in [-0.2, 0) is 23.8 Å². The summed E-state index contributed by atoms with van der Waals surface area (Å²) in [6, 6.07) is 12.1. The van der Waals surface area contributed by atoms with Gasteiger partial charge < -0.3 is 5.73 Å². The Morgan fingerprint density at radius 3 is 2.23 bits per heavy atom. The fourth-order valence-corrected chi connectivity index (χ4v) is 3.34. The standard InChI is InChI=1S/C23H18ClF3N2O2/c1-13(30)17-11-19(22(28)29-12-17)16-5-2-14(3-6-16)8-18(31)9-15-4-7-21(24)20(10-15)23(25,26)27/h2-7,10-12H,8-9H2,1H3,(H2,28,29). The van der Waals surface area contributed by atoms with Crippen LogP contribution in [0, 0.1) is 0 Å². The number of aromatic nitrogens is 1. The van der Waals surface area contributed by atoms with E-state index in [0.29, 0.717) is 16.7 Å². The van der Waals surface area contributed by atoms with Crippen LogP contribution in [0.3, 0.4) is 0 Å². The van der Waals surface area contributed by atoms with E-state index in [1.54, 1.807) is 30.3 Å². The summed E-state index contributed by atoms with van der Waals surface area (Å²) in [7, 11) is 0. The van der Waals surface area contributed by atoms with Gasteiger partial charge in [0, 0.05) is 30.2 Å². The largest absolute Gasteiger partial charge is 0.417 e. The van der Waals surface area contributed by atoms with Crippen LogP contribution in [0.4, 0.5) is 19.0 Å². The molecule has 0 atom stereocenters. The summed E-state index contributed by atoms with van der Waals surface area (Å²) < 4.78 is 39.0. The van der Waals surface area contributed by atoms with Gasteiger partial charge in [0.25, 0.3) is 0 Å². The summed E-state index contributed by atoms with van der Waals surface area (Å²) in [6.07, 6.45) is -3.25. The van der Waals surface area contributed by atoms with Crippen LogP contribution in [0.15, 0.2) is 54.7 Å². The van der Waals surface area contributed by atoms with Gasteiger partial charge in [-0.25, -0.2) is 4.98 Å². The van der Waals surface area contributed by atoms with Crippen molar-refractivity contribution in [2.24, 2.45) is 0 Å². The van der Waals surface area contributed by atoms with E-state index in [1.165, 1.54) is 19.2 Å². The fraction of sp³-hybridized carbons (Fsp3) is 0.174. The molecule has 1 aromatic heterocycles. The second-order valence-electron chi connectivity index (χ2n) is 7.11. The molecule has 0 aliphatic carbocycles. The van der Waals surface area contributed by atoms with E-state index in [9.17, 15) is 22.8 Å². The molecule has 0 saturated heterocycles. The molecule has 0 amide bonds. The SMILES string of the molecule is CC(=O)c1cnc(N)c(-c2ccc(CC(=O)Cc3ccc(Cl)c(C(F)(F)F)c3)cc2)c1. The van der Waals surface area contributed by atoms with E-state index in [2.05, 4.69) is 4.98 Å².